The fourth-order valence-electron chi connectivity index (χ4n) is 6.06. The van der Waals surface area contributed by atoms with Crippen LogP contribution in [0.4, 0.5) is 5.69 Å². The van der Waals surface area contributed by atoms with Crippen molar-refractivity contribution in [3.63, 3.8) is 0 Å². The first-order chi connectivity index (χ1) is 16.5. The second kappa shape index (κ2) is 9.62. The van der Waals surface area contributed by atoms with Crippen molar-refractivity contribution in [2.75, 3.05) is 38.1 Å². The summed E-state index contributed by atoms with van der Waals surface area (Å²) in [4.78, 5) is 40.6. The lowest BCUT2D eigenvalue weighted by atomic mass is 9.81. The van der Waals surface area contributed by atoms with E-state index in [4.69, 9.17) is 4.74 Å². The molecule has 2 bridgehead atoms. The average molecular weight is 466 g/mol. The number of nitrogens with zero attached hydrogens (tertiary/aromatic N) is 2. The lowest BCUT2D eigenvalue weighted by molar-refractivity contribution is -0.937. The number of anilines is 1. The van der Waals surface area contributed by atoms with Gasteiger partial charge in [0.2, 0.25) is 5.91 Å². The van der Waals surface area contributed by atoms with Crippen molar-refractivity contribution in [1.29, 1.82) is 0 Å². The normalized spacial score (nSPS) is 24.3. The number of carbonyl (C=O) groups is 2. The molecule has 3 aliphatic heterocycles. The van der Waals surface area contributed by atoms with Crippen LogP contribution in [0.25, 0.3) is 0 Å². The Morgan fingerprint density at radius 3 is 2.59 bits per heavy atom. The van der Waals surface area contributed by atoms with Gasteiger partial charge in [-0.15, -0.1) is 0 Å². The third-order valence-electron chi connectivity index (χ3n) is 7.63. The summed E-state index contributed by atoms with van der Waals surface area (Å²) in [7, 11) is 0. The highest BCUT2D eigenvalue weighted by Crippen LogP contribution is 2.35. The van der Waals surface area contributed by atoms with Crippen molar-refractivity contribution in [2.45, 2.75) is 44.7 Å². The number of nitrogens with one attached hydrogen (secondary N) is 2. The van der Waals surface area contributed by atoms with Crippen molar-refractivity contribution in [3.05, 3.63) is 58.5 Å². The number of hydrogen-bond donors (Lipinski definition) is 2. The number of fused-ring (bicyclic) bond motifs is 4. The monoisotopic (exact) mass is 465 g/mol. The third kappa shape index (κ3) is 4.73. The van der Waals surface area contributed by atoms with Crippen molar-refractivity contribution >= 4 is 17.5 Å². The molecule has 0 aliphatic carbocycles. The Bertz CT molecular complexity index is 1110. The van der Waals surface area contributed by atoms with E-state index in [1.54, 1.807) is 24.0 Å². The van der Waals surface area contributed by atoms with Gasteiger partial charge in [-0.1, -0.05) is 18.2 Å². The number of ether oxygens (including phenoxy) is 1. The molecular formula is C26H33N4O4+. The minimum atomic E-state index is -0.232. The fraction of sp³-hybridized carbons (Fsp3) is 0.500. The molecule has 0 saturated carbocycles. The lowest BCUT2D eigenvalue weighted by Crippen LogP contribution is -3.18. The van der Waals surface area contributed by atoms with Crippen LogP contribution in [-0.2, 0) is 16.1 Å². The summed E-state index contributed by atoms with van der Waals surface area (Å²) in [5, 5.41) is 3.01. The first kappa shape index (κ1) is 22.7. The predicted octanol–water partition coefficient (Wildman–Crippen LogP) is 0.879. The van der Waals surface area contributed by atoms with Crippen LogP contribution in [0.2, 0.25) is 0 Å². The van der Waals surface area contributed by atoms with Crippen LogP contribution in [0.5, 0.6) is 5.75 Å². The molecule has 2 N–H and O–H groups in total. The molecule has 3 atom stereocenters. The predicted molar refractivity (Wildman–Crippen MR) is 128 cm³/mol. The first-order valence-electron chi connectivity index (χ1n) is 12.3. The highest BCUT2D eigenvalue weighted by atomic mass is 16.5. The van der Waals surface area contributed by atoms with E-state index >= 15 is 0 Å². The summed E-state index contributed by atoms with van der Waals surface area (Å²) in [5.41, 5.74) is 1.67. The van der Waals surface area contributed by atoms with Crippen molar-refractivity contribution in [2.24, 2.45) is 5.92 Å². The molecule has 4 heterocycles. The van der Waals surface area contributed by atoms with E-state index in [9.17, 15) is 14.4 Å². The molecule has 2 fully saturated rings. The number of hydrogen-bond acceptors (Lipinski definition) is 4. The number of amides is 2. The van der Waals surface area contributed by atoms with Crippen LogP contribution >= 0.6 is 0 Å². The van der Waals surface area contributed by atoms with Crippen LogP contribution < -0.4 is 20.5 Å². The number of piperidine rings is 2. The third-order valence-corrected chi connectivity index (χ3v) is 7.63. The summed E-state index contributed by atoms with van der Waals surface area (Å²) in [6.45, 7) is 5.94. The van der Waals surface area contributed by atoms with Crippen LogP contribution in [-0.4, -0.2) is 60.1 Å². The van der Waals surface area contributed by atoms with Gasteiger partial charge in [0.15, 0.2) is 6.61 Å². The SMILES string of the molecule is CC(=O)N1CCC([NH+]2C[C@@H]3C[C@H](C2)c2c(NC(=O)COc4ccccc4)ccc(=O)n2C3)CC1. The summed E-state index contributed by atoms with van der Waals surface area (Å²) in [6.07, 6.45) is 3.09. The van der Waals surface area contributed by atoms with Gasteiger partial charge in [0.05, 0.1) is 36.4 Å². The van der Waals surface area contributed by atoms with Crippen molar-refractivity contribution < 1.29 is 19.2 Å². The standard InChI is InChI=1S/C26H32N4O4/c1-18(31)28-11-9-21(10-12-28)29-14-19-13-20(16-29)26-23(7-8-25(33)30(26)15-19)27-24(32)17-34-22-5-3-2-4-6-22/h2-8,19-21H,9-17H2,1H3,(H,27,32)/p+1/t19-,20+/m0/s1. The molecule has 8 nitrogen and oxygen atoms in total. The Morgan fingerprint density at radius 2 is 1.85 bits per heavy atom. The zero-order valence-corrected chi connectivity index (χ0v) is 19.7. The van der Waals surface area contributed by atoms with Gasteiger partial charge in [-0.3, -0.25) is 14.4 Å². The van der Waals surface area contributed by atoms with Gasteiger partial charge >= 0.3 is 0 Å². The summed E-state index contributed by atoms with van der Waals surface area (Å²) < 4.78 is 7.48. The van der Waals surface area contributed by atoms with Crippen molar-refractivity contribution in [1.82, 2.24) is 9.47 Å². The number of aromatic nitrogens is 1. The highest BCUT2D eigenvalue weighted by Gasteiger charge is 2.42. The molecule has 0 spiro atoms. The molecule has 8 heteroatoms. The molecule has 34 heavy (non-hydrogen) atoms. The second-order valence-electron chi connectivity index (χ2n) is 9.88. The molecule has 1 aromatic heterocycles. The molecule has 2 saturated heterocycles. The fourth-order valence-corrected chi connectivity index (χ4v) is 6.06. The Labute approximate surface area is 199 Å². The van der Waals surface area contributed by atoms with Gasteiger partial charge in [0, 0.05) is 51.4 Å². The summed E-state index contributed by atoms with van der Waals surface area (Å²) in [5.74, 6) is 1.26. The Hall–Kier alpha value is -3.13. The summed E-state index contributed by atoms with van der Waals surface area (Å²) >= 11 is 0. The molecule has 180 valence electrons. The molecule has 0 radical (unpaired) electrons. The number of likely N-dealkylation sites (tertiary alicyclic amines) is 2. The maximum atomic E-state index is 12.7. The minimum Gasteiger partial charge on any atom is -0.484 e. The van der Waals surface area contributed by atoms with Gasteiger partial charge in [-0.2, -0.15) is 0 Å². The first-order valence-corrected chi connectivity index (χ1v) is 12.3. The van der Waals surface area contributed by atoms with E-state index in [2.05, 4.69) is 5.32 Å². The zero-order valence-electron chi connectivity index (χ0n) is 19.7. The van der Waals surface area contributed by atoms with E-state index in [0.29, 0.717) is 24.3 Å². The smallest absolute Gasteiger partial charge is 0.262 e. The molecule has 5 rings (SSSR count). The van der Waals surface area contributed by atoms with E-state index in [-0.39, 0.29) is 29.9 Å². The van der Waals surface area contributed by atoms with Crippen LogP contribution in [0.3, 0.4) is 0 Å². The maximum absolute atomic E-state index is 12.7. The van der Waals surface area contributed by atoms with E-state index < -0.39 is 0 Å². The van der Waals surface area contributed by atoms with Gasteiger partial charge in [0.25, 0.3) is 11.5 Å². The second-order valence-corrected chi connectivity index (χ2v) is 9.88. The van der Waals surface area contributed by atoms with Crippen molar-refractivity contribution in [3.8, 4) is 5.75 Å². The summed E-state index contributed by atoms with van der Waals surface area (Å²) in [6, 6.07) is 13.1. The molecule has 1 aromatic carbocycles. The van der Waals surface area contributed by atoms with Crippen LogP contribution in [0.1, 0.15) is 37.8 Å². The zero-order chi connectivity index (χ0) is 23.7. The minimum absolute atomic E-state index is 0.00134. The van der Waals surface area contributed by atoms with E-state index in [1.165, 1.54) is 0 Å². The van der Waals surface area contributed by atoms with Gasteiger partial charge < -0.3 is 24.4 Å². The Morgan fingerprint density at radius 1 is 1.09 bits per heavy atom. The topological polar surface area (TPSA) is 85.1 Å². The molecule has 2 amide bonds. The largest absolute Gasteiger partial charge is 0.484 e. The Kier molecular flexibility index (Phi) is 6.41. The van der Waals surface area contributed by atoms with Crippen LogP contribution in [0.15, 0.2) is 47.3 Å². The molecular weight excluding hydrogens is 432 g/mol. The van der Waals surface area contributed by atoms with E-state index in [1.807, 2.05) is 39.8 Å². The van der Waals surface area contributed by atoms with E-state index in [0.717, 1.165) is 56.8 Å². The molecule has 3 aliphatic rings. The van der Waals surface area contributed by atoms with Gasteiger partial charge in [-0.05, 0) is 24.6 Å². The lowest BCUT2D eigenvalue weighted by Gasteiger charge is -2.45. The maximum Gasteiger partial charge on any atom is 0.262 e. The number of carbonyl (C=O) groups excluding carboxylic acids is 2. The molecule has 2 aromatic rings. The number of pyridine rings is 1. The Balaban J connectivity index is 1.30. The quantitative estimate of drug-likeness (QED) is 0.687. The number of quaternary nitrogens is 1. The molecule has 1 unspecified atom stereocenters. The number of benzene rings is 1. The highest BCUT2D eigenvalue weighted by molar-refractivity contribution is 5.92. The number of para-hydroxylation sites is 1. The van der Waals surface area contributed by atoms with Gasteiger partial charge in [0.1, 0.15) is 5.75 Å². The van der Waals surface area contributed by atoms with Gasteiger partial charge in [-0.25, -0.2) is 0 Å². The number of rotatable bonds is 5. The van der Waals surface area contributed by atoms with Crippen LogP contribution in [0, 0.1) is 5.92 Å². The average Bonchev–Trinajstić information content (AvgIpc) is 2.85.